The minimum atomic E-state index is -3.75. The van der Waals surface area contributed by atoms with Crippen LogP contribution in [0.4, 0.5) is 0 Å². The molecular weight excluding hydrogens is 340 g/mol. The highest BCUT2D eigenvalue weighted by molar-refractivity contribution is 7.89. The molecular formula is C18H22N2O4S. The zero-order chi connectivity index (χ0) is 18.7. The molecule has 25 heavy (non-hydrogen) atoms. The van der Waals surface area contributed by atoms with E-state index in [1.54, 1.807) is 36.4 Å². The van der Waals surface area contributed by atoms with E-state index in [2.05, 4.69) is 30.7 Å². The first-order valence-corrected chi connectivity index (χ1v) is 9.14. The molecule has 0 aliphatic rings. The van der Waals surface area contributed by atoms with Gasteiger partial charge in [0.25, 0.3) is 10.0 Å². The quantitative estimate of drug-likeness (QED) is 0.632. The third-order valence-corrected chi connectivity index (χ3v) is 4.86. The van der Waals surface area contributed by atoms with E-state index >= 15 is 0 Å². The van der Waals surface area contributed by atoms with Crippen LogP contribution in [0.5, 0.6) is 11.5 Å². The molecule has 2 rings (SSSR count). The molecule has 0 aliphatic heterocycles. The number of ether oxygens (including phenoxy) is 1. The molecule has 0 radical (unpaired) electrons. The van der Waals surface area contributed by atoms with Gasteiger partial charge in [-0.1, -0.05) is 32.9 Å². The maximum atomic E-state index is 12.3. The third kappa shape index (κ3) is 4.73. The minimum Gasteiger partial charge on any atom is -0.504 e. The third-order valence-electron chi connectivity index (χ3n) is 3.62. The zero-order valence-corrected chi connectivity index (χ0v) is 15.5. The number of sulfonamides is 1. The molecule has 0 saturated heterocycles. The van der Waals surface area contributed by atoms with Gasteiger partial charge < -0.3 is 9.84 Å². The van der Waals surface area contributed by atoms with Gasteiger partial charge in [-0.2, -0.15) is 13.5 Å². The largest absolute Gasteiger partial charge is 0.504 e. The van der Waals surface area contributed by atoms with Crippen LogP contribution in [-0.2, 0) is 15.4 Å². The zero-order valence-electron chi connectivity index (χ0n) is 14.6. The van der Waals surface area contributed by atoms with Crippen molar-refractivity contribution in [1.82, 2.24) is 4.83 Å². The summed E-state index contributed by atoms with van der Waals surface area (Å²) in [5.74, 6) is 0.281. The number of rotatable bonds is 5. The Morgan fingerprint density at radius 1 is 1.12 bits per heavy atom. The number of nitrogens with zero attached hydrogens (tertiary/aromatic N) is 1. The molecule has 0 aliphatic carbocycles. The van der Waals surface area contributed by atoms with Crippen LogP contribution in [0, 0.1) is 0 Å². The molecule has 0 fully saturated rings. The van der Waals surface area contributed by atoms with Gasteiger partial charge >= 0.3 is 0 Å². The van der Waals surface area contributed by atoms with Crippen molar-refractivity contribution in [3.63, 3.8) is 0 Å². The van der Waals surface area contributed by atoms with Crippen molar-refractivity contribution in [2.45, 2.75) is 31.1 Å². The summed E-state index contributed by atoms with van der Waals surface area (Å²) in [6.07, 6.45) is 1.34. The van der Waals surface area contributed by atoms with Gasteiger partial charge in [-0.3, -0.25) is 0 Å². The second-order valence-corrected chi connectivity index (χ2v) is 8.22. The summed E-state index contributed by atoms with van der Waals surface area (Å²) in [5, 5.41) is 13.3. The lowest BCUT2D eigenvalue weighted by Gasteiger charge is -2.19. The normalized spacial score (nSPS) is 12.3. The second kappa shape index (κ2) is 7.14. The monoisotopic (exact) mass is 362 g/mol. The number of hydrazone groups is 1. The smallest absolute Gasteiger partial charge is 0.276 e. The fourth-order valence-corrected chi connectivity index (χ4v) is 2.92. The number of benzene rings is 2. The first kappa shape index (κ1) is 18.8. The highest BCUT2D eigenvalue weighted by Gasteiger charge is 2.17. The molecule has 0 unspecified atom stereocenters. The van der Waals surface area contributed by atoms with E-state index in [1.807, 2.05) is 0 Å². The van der Waals surface area contributed by atoms with E-state index in [1.165, 1.54) is 19.4 Å². The highest BCUT2D eigenvalue weighted by Crippen LogP contribution is 2.25. The van der Waals surface area contributed by atoms with Gasteiger partial charge in [0.2, 0.25) is 0 Å². The lowest BCUT2D eigenvalue weighted by atomic mass is 9.87. The topological polar surface area (TPSA) is 88.0 Å². The first-order chi connectivity index (χ1) is 11.6. The van der Waals surface area contributed by atoms with Gasteiger partial charge in [-0.25, -0.2) is 4.83 Å². The lowest BCUT2D eigenvalue weighted by molar-refractivity contribution is 0.373. The number of methoxy groups -OCH3 is 1. The molecule has 134 valence electrons. The SMILES string of the molecule is COc1cc(/C=N\NS(=O)(=O)c2ccc(C(C)(C)C)cc2)ccc1O. The summed E-state index contributed by atoms with van der Waals surface area (Å²) in [7, 11) is -2.31. The molecule has 2 aromatic rings. The molecule has 0 amide bonds. The van der Waals surface area contributed by atoms with Gasteiger partial charge in [0, 0.05) is 0 Å². The Bertz CT molecular complexity index is 867. The average Bonchev–Trinajstić information content (AvgIpc) is 2.55. The van der Waals surface area contributed by atoms with Gasteiger partial charge in [0.05, 0.1) is 18.2 Å². The number of aromatic hydroxyl groups is 1. The van der Waals surface area contributed by atoms with E-state index in [-0.39, 0.29) is 21.8 Å². The molecule has 0 aromatic heterocycles. The number of nitrogens with one attached hydrogen (secondary N) is 1. The molecule has 0 bridgehead atoms. The summed E-state index contributed by atoms with van der Waals surface area (Å²) in [6.45, 7) is 6.18. The van der Waals surface area contributed by atoms with E-state index in [9.17, 15) is 13.5 Å². The van der Waals surface area contributed by atoms with Crippen LogP contribution in [-0.4, -0.2) is 26.8 Å². The van der Waals surface area contributed by atoms with Crippen LogP contribution in [0.2, 0.25) is 0 Å². The Morgan fingerprint density at radius 3 is 2.32 bits per heavy atom. The van der Waals surface area contributed by atoms with Gasteiger partial charge in [0.15, 0.2) is 11.5 Å². The van der Waals surface area contributed by atoms with Crippen LogP contribution < -0.4 is 9.57 Å². The van der Waals surface area contributed by atoms with E-state index < -0.39 is 10.0 Å². The molecule has 0 heterocycles. The van der Waals surface area contributed by atoms with Gasteiger partial charge in [-0.15, -0.1) is 0 Å². The summed E-state index contributed by atoms with van der Waals surface area (Å²) in [6, 6.07) is 11.3. The second-order valence-electron chi connectivity index (χ2n) is 6.56. The van der Waals surface area contributed by atoms with Crippen LogP contribution in [0.15, 0.2) is 52.5 Å². The van der Waals surface area contributed by atoms with E-state index in [0.29, 0.717) is 5.56 Å². The average molecular weight is 362 g/mol. The number of phenols is 1. The molecule has 0 spiro atoms. The van der Waals surface area contributed by atoms with E-state index in [4.69, 9.17) is 4.74 Å². The van der Waals surface area contributed by atoms with Gasteiger partial charge in [-0.05, 0) is 46.9 Å². The summed E-state index contributed by atoms with van der Waals surface area (Å²) in [4.78, 5) is 2.31. The molecule has 0 saturated carbocycles. The fourth-order valence-electron chi connectivity index (χ4n) is 2.13. The van der Waals surface area contributed by atoms with Crippen molar-refractivity contribution in [2.24, 2.45) is 5.10 Å². The van der Waals surface area contributed by atoms with Gasteiger partial charge in [0.1, 0.15) is 0 Å². The Kier molecular flexibility index (Phi) is 5.37. The Morgan fingerprint density at radius 2 is 1.76 bits per heavy atom. The molecule has 7 heteroatoms. The summed E-state index contributed by atoms with van der Waals surface area (Å²) < 4.78 is 29.5. The highest BCUT2D eigenvalue weighted by atomic mass is 32.2. The number of hydrogen-bond donors (Lipinski definition) is 2. The Hall–Kier alpha value is -2.54. The molecule has 0 atom stereocenters. The molecule has 2 aromatic carbocycles. The molecule has 2 N–H and O–H groups in total. The maximum absolute atomic E-state index is 12.3. The Balaban J connectivity index is 2.13. The van der Waals surface area contributed by atoms with Crippen LogP contribution >= 0.6 is 0 Å². The fraction of sp³-hybridized carbons (Fsp3) is 0.278. The van der Waals surface area contributed by atoms with Crippen LogP contribution in [0.1, 0.15) is 31.9 Å². The number of phenolic OH excluding ortho intramolecular Hbond substituents is 1. The summed E-state index contributed by atoms with van der Waals surface area (Å²) in [5.41, 5.74) is 1.58. The predicted molar refractivity (Wildman–Crippen MR) is 97.7 cm³/mol. The minimum absolute atomic E-state index is 0.000770. The maximum Gasteiger partial charge on any atom is 0.276 e. The van der Waals surface area contributed by atoms with E-state index in [0.717, 1.165) is 5.56 Å². The van der Waals surface area contributed by atoms with Crippen molar-refractivity contribution < 1.29 is 18.3 Å². The van der Waals surface area contributed by atoms with Crippen molar-refractivity contribution in [1.29, 1.82) is 0 Å². The lowest BCUT2D eigenvalue weighted by Crippen LogP contribution is -2.19. The molecule has 6 nitrogen and oxygen atoms in total. The van der Waals surface area contributed by atoms with Crippen LogP contribution in [0.25, 0.3) is 0 Å². The Labute approximate surface area is 148 Å². The predicted octanol–water partition coefficient (Wildman–Crippen LogP) is 3.01. The first-order valence-electron chi connectivity index (χ1n) is 7.66. The van der Waals surface area contributed by atoms with Crippen molar-refractivity contribution in [3.8, 4) is 11.5 Å². The van der Waals surface area contributed by atoms with Crippen LogP contribution in [0.3, 0.4) is 0 Å². The number of hydrogen-bond acceptors (Lipinski definition) is 5. The van der Waals surface area contributed by atoms with Crippen molar-refractivity contribution in [3.05, 3.63) is 53.6 Å². The van der Waals surface area contributed by atoms with Crippen molar-refractivity contribution in [2.75, 3.05) is 7.11 Å². The summed E-state index contributed by atoms with van der Waals surface area (Å²) >= 11 is 0. The van der Waals surface area contributed by atoms with Crippen molar-refractivity contribution >= 4 is 16.2 Å². The standard InChI is InChI=1S/C18H22N2O4S/c1-18(2,3)14-6-8-15(9-7-14)25(22,23)20-19-12-13-5-10-16(21)17(11-13)24-4/h5-12,20-21H,1-4H3/b19-12-.